The fraction of sp³-hybridized carbons (Fsp3) is 0.414. The smallest absolute Gasteiger partial charge is 0.407 e. The second-order valence-corrected chi connectivity index (χ2v) is 11.5. The lowest BCUT2D eigenvalue weighted by Gasteiger charge is -2.36. The molecule has 0 aliphatic heterocycles. The van der Waals surface area contributed by atoms with Crippen molar-refractivity contribution in [1.82, 2.24) is 21.3 Å². The fourth-order valence-corrected chi connectivity index (χ4v) is 4.99. The number of carbonyl (C=O) groups excluding carboxylic acids is 4. The van der Waals surface area contributed by atoms with Gasteiger partial charge in [-0.05, 0) is 71.2 Å². The number of hydrogen-bond acceptors (Lipinski definition) is 7. The van der Waals surface area contributed by atoms with E-state index < -0.39 is 48.3 Å². The van der Waals surface area contributed by atoms with Gasteiger partial charge in [-0.25, -0.2) is 9.59 Å². The van der Waals surface area contributed by atoms with Crippen LogP contribution in [0.3, 0.4) is 0 Å². The van der Waals surface area contributed by atoms with E-state index in [-0.39, 0.29) is 36.1 Å². The van der Waals surface area contributed by atoms with Gasteiger partial charge in [-0.3, -0.25) is 9.59 Å². The zero-order valence-electron chi connectivity index (χ0n) is 24.4. The van der Waals surface area contributed by atoms with Gasteiger partial charge in [0.15, 0.2) is 11.2 Å². The predicted octanol–water partition coefficient (Wildman–Crippen LogP) is 3.32. The van der Waals surface area contributed by atoms with Gasteiger partial charge in [0.1, 0.15) is 12.1 Å². The summed E-state index contributed by atoms with van der Waals surface area (Å²) in [6, 6.07) is 3.76. The number of anilines is 1. The lowest BCUT2D eigenvalue weighted by atomic mass is 9.89. The maximum Gasteiger partial charge on any atom is 0.407 e. The van der Waals surface area contributed by atoms with Gasteiger partial charge in [-0.1, -0.05) is 32.1 Å². The van der Waals surface area contributed by atoms with Crippen LogP contribution in [-0.4, -0.2) is 66.5 Å². The van der Waals surface area contributed by atoms with Gasteiger partial charge in [0, 0.05) is 29.6 Å². The van der Waals surface area contributed by atoms with Gasteiger partial charge in [0.05, 0.1) is 11.7 Å². The molecule has 14 heteroatoms. The molecule has 43 heavy (non-hydrogen) atoms. The number of aryl methyl sites for hydroxylation is 1. The van der Waals surface area contributed by atoms with Gasteiger partial charge in [-0.15, -0.1) is 13.2 Å². The molecule has 7 N–H and O–H groups in total. The highest BCUT2D eigenvalue weighted by atomic mass is 79.9. The average molecular weight is 680 g/mol. The van der Waals surface area contributed by atoms with Crippen LogP contribution in [0.1, 0.15) is 32.3 Å². The number of amides is 4. The van der Waals surface area contributed by atoms with E-state index in [0.29, 0.717) is 12.1 Å². The first-order valence-corrected chi connectivity index (χ1v) is 14.8. The van der Waals surface area contributed by atoms with E-state index in [4.69, 9.17) is 27.4 Å². The lowest BCUT2D eigenvalue weighted by molar-refractivity contribution is -0.126. The van der Waals surface area contributed by atoms with Crippen LogP contribution < -0.4 is 32.3 Å². The summed E-state index contributed by atoms with van der Waals surface area (Å²) in [6.45, 7) is 13.1. The highest BCUT2D eigenvalue weighted by Crippen LogP contribution is 2.27. The predicted molar refractivity (Wildman–Crippen MR) is 172 cm³/mol. The van der Waals surface area contributed by atoms with Crippen molar-refractivity contribution >= 4 is 62.9 Å². The van der Waals surface area contributed by atoms with Crippen molar-refractivity contribution in [3.05, 3.63) is 65.2 Å². The molecule has 0 fully saturated rings. The number of carbonyl (C=O) groups is 4. The molecule has 12 nitrogen and oxygen atoms in total. The van der Waals surface area contributed by atoms with Crippen LogP contribution in [-0.2, 0) is 19.1 Å². The average Bonchev–Trinajstić information content (AvgIpc) is 2.93. The number of nitrogens with one attached hydrogen (secondary N) is 5. The summed E-state index contributed by atoms with van der Waals surface area (Å²) in [4.78, 5) is 50.6. The molecule has 4 unspecified atom stereocenters. The number of primary amides is 1. The Morgan fingerprint density at radius 3 is 2.30 bits per heavy atom. The zero-order chi connectivity index (χ0) is 32.1. The van der Waals surface area contributed by atoms with E-state index in [2.05, 4.69) is 55.7 Å². The van der Waals surface area contributed by atoms with E-state index in [1.54, 1.807) is 0 Å². The summed E-state index contributed by atoms with van der Waals surface area (Å²) in [7, 11) is 0. The van der Waals surface area contributed by atoms with Crippen molar-refractivity contribution in [3.8, 4) is 0 Å². The van der Waals surface area contributed by atoms with E-state index in [1.807, 2.05) is 39.0 Å². The molecule has 0 spiro atoms. The second kappa shape index (κ2) is 17.3. The minimum atomic E-state index is -1.13. The van der Waals surface area contributed by atoms with Crippen molar-refractivity contribution in [2.75, 3.05) is 18.4 Å². The number of thiocarbonyl (C=S) groups is 1. The quantitative estimate of drug-likeness (QED) is 0.135. The lowest BCUT2D eigenvalue weighted by Crippen LogP contribution is -2.56. The summed E-state index contributed by atoms with van der Waals surface area (Å²) in [5, 5.41) is 14.0. The molecule has 1 aliphatic rings. The number of rotatable bonds is 13. The molecule has 2 rings (SSSR count). The van der Waals surface area contributed by atoms with Gasteiger partial charge in [0.25, 0.3) is 0 Å². The summed E-state index contributed by atoms with van der Waals surface area (Å²) >= 11 is 9.05. The number of hydrogen-bond donors (Lipinski definition) is 6. The largest absolute Gasteiger partial charge is 0.442 e. The van der Waals surface area contributed by atoms with Crippen LogP contribution in [0, 0.1) is 12.8 Å². The van der Waals surface area contributed by atoms with Crippen LogP contribution in [0.15, 0.2) is 59.6 Å². The second-order valence-electron chi connectivity index (χ2n) is 10.2. The number of halogens is 1. The third-order valence-corrected chi connectivity index (χ3v) is 7.00. The number of benzene rings is 1. The van der Waals surface area contributed by atoms with Crippen molar-refractivity contribution in [1.29, 1.82) is 0 Å². The Kier molecular flexibility index (Phi) is 14.2. The third-order valence-electron chi connectivity index (χ3n) is 6.12. The molecular formula is C29H39BrN6O6S. The van der Waals surface area contributed by atoms with Crippen LogP contribution in [0.5, 0.6) is 0 Å². The van der Waals surface area contributed by atoms with Crippen LogP contribution in [0.25, 0.3) is 0 Å². The number of ether oxygens (including phenoxy) is 2. The maximum absolute atomic E-state index is 13.4. The standard InChI is InChI=1S/C29H39BrN6O6S/c1-6-10-32-28(39)41-23-15-18(26(38)34-22(25(31)37)12-16(3)4)14-21(24(23)42-29(40)33-11-7-2)36-27(43)35-20-9-8-17(5)13-19(20)30/h6-9,13-14,16,21-24H,1-2,10-12,15H2,3-5H3,(H2,31,37)(H,32,39)(H,33,40)(H,34,38)(H2,35,36,43). The molecule has 1 aromatic carbocycles. The van der Waals surface area contributed by atoms with Crippen LogP contribution in [0.2, 0.25) is 0 Å². The number of nitrogens with two attached hydrogens (primary N) is 1. The van der Waals surface area contributed by atoms with Gasteiger partial charge in [0.2, 0.25) is 11.8 Å². The first-order chi connectivity index (χ1) is 20.3. The molecule has 0 radical (unpaired) electrons. The monoisotopic (exact) mass is 678 g/mol. The minimum absolute atomic E-state index is 0.0774. The van der Waals surface area contributed by atoms with Gasteiger partial charge < -0.3 is 41.8 Å². The van der Waals surface area contributed by atoms with E-state index >= 15 is 0 Å². The number of alkyl carbamates (subject to hydrolysis) is 2. The van der Waals surface area contributed by atoms with Crippen LogP contribution in [0.4, 0.5) is 15.3 Å². The Morgan fingerprint density at radius 1 is 1.12 bits per heavy atom. The van der Waals surface area contributed by atoms with E-state index in [9.17, 15) is 19.2 Å². The first kappa shape index (κ1) is 35.3. The Labute approximate surface area is 265 Å². The third kappa shape index (κ3) is 11.7. The molecule has 234 valence electrons. The minimum Gasteiger partial charge on any atom is -0.442 e. The van der Waals surface area contributed by atoms with Gasteiger partial charge >= 0.3 is 12.2 Å². The van der Waals surface area contributed by atoms with Crippen molar-refractivity contribution in [2.45, 2.75) is 57.9 Å². The molecule has 0 aromatic heterocycles. The topological polar surface area (TPSA) is 173 Å². The Morgan fingerprint density at radius 2 is 1.74 bits per heavy atom. The molecule has 1 aliphatic carbocycles. The molecule has 4 atom stereocenters. The molecule has 0 heterocycles. The van der Waals surface area contributed by atoms with Crippen molar-refractivity contribution < 1.29 is 28.7 Å². The zero-order valence-corrected chi connectivity index (χ0v) is 26.8. The normalized spacial score (nSPS) is 18.3. The molecular weight excluding hydrogens is 640 g/mol. The highest BCUT2D eigenvalue weighted by Gasteiger charge is 2.41. The molecule has 4 amide bonds. The molecule has 1 aromatic rings. The Hall–Kier alpha value is -3.91. The van der Waals surface area contributed by atoms with E-state index in [0.717, 1.165) is 10.0 Å². The fourth-order valence-electron chi connectivity index (χ4n) is 4.15. The van der Waals surface area contributed by atoms with Crippen molar-refractivity contribution in [2.24, 2.45) is 11.7 Å². The van der Waals surface area contributed by atoms with Crippen LogP contribution >= 0.6 is 28.1 Å². The van der Waals surface area contributed by atoms with Gasteiger partial charge in [-0.2, -0.15) is 0 Å². The molecule has 0 bridgehead atoms. The van der Waals surface area contributed by atoms with E-state index in [1.165, 1.54) is 18.2 Å². The Balaban J connectivity index is 2.45. The molecule has 0 saturated carbocycles. The SMILES string of the molecule is C=CCNC(=O)OC1CC(C(=O)NC(CC(C)C)C(N)=O)=CC(NC(=S)Nc2ccc(C)cc2Br)C1OC(=O)NCC=C. The van der Waals surface area contributed by atoms with Crippen molar-refractivity contribution in [3.63, 3.8) is 0 Å². The first-order valence-electron chi connectivity index (χ1n) is 13.6. The maximum atomic E-state index is 13.4. The Bertz CT molecular complexity index is 1260. The summed E-state index contributed by atoms with van der Waals surface area (Å²) in [5.41, 5.74) is 7.40. The summed E-state index contributed by atoms with van der Waals surface area (Å²) in [6.07, 6.45) is 0.779. The summed E-state index contributed by atoms with van der Waals surface area (Å²) in [5.74, 6) is -1.20. The highest BCUT2D eigenvalue weighted by molar-refractivity contribution is 9.10. The summed E-state index contributed by atoms with van der Waals surface area (Å²) < 4.78 is 12.1. The molecule has 0 saturated heterocycles.